The Balaban J connectivity index is 1.98. The Kier molecular flexibility index (Phi) is 3.13. The van der Waals surface area contributed by atoms with E-state index in [0.29, 0.717) is 5.56 Å². The van der Waals surface area contributed by atoms with E-state index in [0.717, 1.165) is 24.8 Å². The van der Waals surface area contributed by atoms with Crippen molar-refractivity contribution in [2.75, 3.05) is 0 Å². The molecule has 0 bridgehead atoms. The fraction of sp³-hybridized carbons (Fsp3) is 0.235. The van der Waals surface area contributed by atoms with Gasteiger partial charge in [-0.1, -0.05) is 18.6 Å². The van der Waals surface area contributed by atoms with Gasteiger partial charge in [-0.15, -0.1) is 0 Å². The van der Waals surface area contributed by atoms with Crippen molar-refractivity contribution in [2.45, 2.75) is 24.7 Å². The molecule has 0 spiro atoms. The lowest BCUT2D eigenvalue weighted by atomic mass is 9.61. The first-order chi connectivity index (χ1) is 9.62. The minimum absolute atomic E-state index is 0.00430. The van der Waals surface area contributed by atoms with E-state index in [-0.39, 0.29) is 17.4 Å². The fourth-order valence-electron chi connectivity index (χ4n) is 2.82. The van der Waals surface area contributed by atoms with Gasteiger partial charge in [0.1, 0.15) is 11.6 Å². The molecule has 0 aromatic heterocycles. The van der Waals surface area contributed by atoms with Crippen LogP contribution in [0.2, 0.25) is 0 Å². The maximum absolute atomic E-state index is 13.0. The summed E-state index contributed by atoms with van der Waals surface area (Å²) < 4.78 is 26.0. The summed E-state index contributed by atoms with van der Waals surface area (Å²) in [6, 6.07) is 11.7. The van der Waals surface area contributed by atoms with Gasteiger partial charge in [0.15, 0.2) is 5.78 Å². The highest BCUT2D eigenvalue weighted by atomic mass is 19.1. The number of benzene rings is 2. The largest absolute Gasteiger partial charge is 0.293 e. The third-order valence-corrected chi connectivity index (χ3v) is 4.14. The first-order valence-electron chi connectivity index (χ1n) is 6.68. The number of hydrogen-bond donors (Lipinski definition) is 0. The summed E-state index contributed by atoms with van der Waals surface area (Å²) in [6.45, 7) is 0. The molecule has 2 aromatic carbocycles. The van der Waals surface area contributed by atoms with Gasteiger partial charge in [0.05, 0.1) is 5.41 Å². The van der Waals surface area contributed by atoms with Crippen molar-refractivity contribution in [1.29, 1.82) is 0 Å². The topological polar surface area (TPSA) is 17.1 Å². The van der Waals surface area contributed by atoms with Crippen LogP contribution in [-0.4, -0.2) is 5.78 Å². The Hall–Kier alpha value is -2.03. The number of ketones is 1. The van der Waals surface area contributed by atoms with E-state index in [1.165, 1.54) is 36.4 Å². The van der Waals surface area contributed by atoms with Crippen molar-refractivity contribution >= 4 is 5.78 Å². The quantitative estimate of drug-likeness (QED) is 0.763. The maximum Gasteiger partial charge on any atom is 0.173 e. The molecule has 3 heteroatoms. The normalized spacial score (nSPS) is 16.5. The Morgan fingerprint density at radius 1 is 0.850 bits per heavy atom. The predicted octanol–water partition coefficient (Wildman–Crippen LogP) is 4.27. The lowest BCUT2D eigenvalue weighted by molar-refractivity contribution is 0.0788. The monoisotopic (exact) mass is 272 g/mol. The van der Waals surface area contributed by atoms with E-state index >= 15 is 0 Å². The molecular formula is C17H14F2O. The Morgan fingerprint density at radius 3 is 1.80 bits per heavy atom. The standard InChI is InChI=1S/C17H14F2O/c18-14-6-2-12(3-7-14)16(20)17(10-1-11-17)13-4-8-15(19)9-5-13/h2-9H,1,10-11H2. The smallest absolute Gasteiger partial charge is 0.173 e. The van der Waals surface area contributed by atoms with Gasteiger partial charge in [0.2, 0.25) is 0 Å². The van der Waals surface area contributed by atoms with Crippen molar-refractivity contribution in [1.82, 2.24) is 0 Å². The van der Waals surface area contributed by atoms with Crippen LogP contribution >= 0.6 is 0 Å². The molecule has 1 aliphatic rings. The summed E-state index contributed by atoms with van der Waals surface area (Å²) in [6.07, 6.45) is 2.49. The Bertz CT molecular complexity index is 625. The molecule has 0 N–H and O–H groups in total. The molecule has 3 rings (SSSR count). The molecule has 0 aliphatic heterocycles. The number of hydrogen-bond acceptors (Lipinski definition) is 1. The molecule has 0 radical (unpaired) electrons. The van der Waals surface area contributed by atoms with Crippen LogP contribution in [0.25, 0.3) is 0 Å². The lowest BCUT2D eigenvalue weighted by Crippen LogP contribution is -2.42. The van der Waals surface area contributed by atoms with Gasteiger partial charge in [-0.05, 0) is 54.8 Å². The van der Waals surface area contributed by atoms with Gasteiger partial charge >= 0.3 is 0 Å². The van der Waals surface area contributed by atoms with E-state index in [1.54, 1.807) is 12.1 Å². The molecule has 1 saturated carbocycles. The van der Waals surface area contributed by atoms with Crippen LogP contribution in [0, 0.1) is 11.6 Å². The fourth-order valence-corrected chi connectivity index (χ4v) is 2.82. The Labute approximate surface area is 116 Å². The second kappa shape index (κ2) is 4.82. The van der Waals surface area contributed by atoms with Crippen LogP contribution in [0.1, 0.15) is 35.2 Å². The number of halogens is 2. The summed E-state index contributed by atoms with van der Waals surface area (Å²) in [7, 11) is 0. The van der Waals surface area contributed by atoms with Crippen molar-refractivity contribution in [3.8, 4) is 0 Å². The summed E-state index contributed by atoms with van der Waals surface area (Å²) in [5.74, 6) is -0.668. The molecule has 1 aliphatic carbocycles. The summed E-state index contributed by atoms with van der Waals surface area (Å²) >= 11 is 0. The zero-order valence-electron chi connectivity index (χ0n) is 10.9. The first kappa shape index (κ1) is 13.0. The van der Waals surface area contributed by atoms with Gasteiger partial charge in [-0.3, -0.25) is 4.79 Å². The number of carbonyl (C=O) groups excluding carboxylic acids is 1. The van der Waals surface area contributed by atoms with E-state index < -0.39 is 5.41 Å². The highest BCUT2D eigenvalue weighted by Crippen LogP contribution is 2.46. The lowest BCUT2D eigenvalue weighted by Gasteiger charge is -2.41. The summed E-state index contributed by atoms with van der Waals surface area (Å²) in [5, 5.41) is 0. The maximum atomic E-state index is 13.0. The second-order valence-electron chi connectivity index (χ2n) is 5.28. The van der Waals surface area contributed by atoms with Crippen LogP contribution in [0.4, 0.5) is 8.78 Å². The van der Waals surface area contributed by atoms with E-state index in [2.05, 4.69) is 0 Å². The third kappa shape index (κ3) is 2.03. The molecule has 1 nitrogen and oxygen atoms in total. The molecule has 0 saturated heterocycles. The molecule has 0 amide bonds. The molecule has 1 fully saturated rings. The zero-order valence-corrected chi connectivity index (χ0v) is 10.9. The molecule has 2 aromatic rings. The van der Waals surface area contributed by atoms with Gasteiger partial charge < -0.3 is 0 Å². The van der Waals surface area contributed by atoms with E-state index in [9.17, 15) is 13.6 Å². The van der Waals surface area contributed by atoms with Gasteiger partial charge in [-0.25, -0.2) is 8.78 Å². The van der Waals surface area contributed by atoms with Crippen LogP contribution in [-0.2, 0) is 5.41 Å². The number of Topliss-reactive ketones (excluding diaryl/α,β-unsaturated/α-hetero) is 1. The van der Waals surface area contributed by atoms with Crippen LogP contribution in [0.5, 0.6) is 0 Å². The van der Waals surface area contributed by atoms with E-state index in [4.69, 9.17) is 0 Å². The molecular weight excluding hydrogens is 258 g/mol. The SMILES string of the molecule is O=C(c1ccc(F)cc1)C1(c2ccc(F)cc2)CCC1. The minimum Gasteiger partial charge on any atom is -0.293 e. The van der Waals surface area contributed by atoms with Crippen molar-refractivity contribution in [3.05, 3.63) is 71.3 Å². The predicted molar refractivity (Wildman–Crippen MR) is 72.7 cm³/mol. The Morgan fingerprint density at radius 2 is 1.35 bits per heavy atom. The summed E-state index contributed by atoms with van der Waals surface area (Å²) in [5.41, 5.74) is 0.792. The minimum atomic E-state index is -0.564. The molecule has 0 heterocycles. The molecule has 102 valence electrons. The van der Waals surface area contributed by atoms with E-state index in [1.807, 2.05) is 0 Å². The third-order valence-electron chi connectivity index (χ3n) is 4.14. The van der Waals surface area contributed by atoms with Gasteiger partial charge in [0.25, 0.3) is 0 Å². The van der Waals surface area contributed by atoms with Crippen molar-refractivity contribution < 1.29 is 13.6 Å². The van der Waals surface area contributed by atoms with Crippen LogP contribution in [0.3, 0.4) is 0 Å². The van der Waals surface area contributed by atoms with Crippen LogP contribution in [0.15, 0.2) is 48.5 Å². The average Bonchev–Trinajstić information content (AvgIpc) is 2.40. The zero-order chi connectivity index (χ0) is 14.2. The van der Waals surface area contributed by atoms with Gasteiger partial charge in [0, 0.05) is 5.56 Å². The van der Waals surface area contributed by atoms with Crippen LogP contribution < -0.4 is 0 Å². The molecule has 20 heavy (non-hydrogen) atoms. The number of carbonyl (C=O) groups is 1. The number of rotatable bonds is 3. The average molecular weight is 272 g/mol. The molecule has 0 unspecified atom stereocenters. The second-order valence-corrected chi connectivity index (χ2v) is 5.28. The highest BCUT2D eigenvalue weighted by Gasteiger charge is 2.45. The van der Waals surface area contributed by atoms with Crippen molar-refractivity contribution in [3.63, 3.8) is 0 Å². The highest BCUT2D eigenvalue weighted by molar-refractivity contribution is 6.04. The van der Waals surface area contributed by atoms with Gasteiger partial charge in [-0.2, -0.15) is 0 Å². The summed E-state index contributed by atoms with van der Waals surface area (Å²) in [4.78, 5) is 12.7. The molecule has 0 atom stereocenters. The first-order valence-corrected chi connectivity index (χ1v) is 6.68. The van der Waals surface area contributed by atoms with Crippen molar-refractivity contribution in [2.24, 2.45) is 0 Å².